The van der Waals surface area contributed by atoms with Crippen LogP contribution in [0, 0.1) is 0 Å². The average Bonchev–Trinajstić information content (AvgIpc) is 2.55. The standard InChI is InChI=1S/C18H16OSeTe/c1-19-16-7-9-17(10-8-16)20-13-21-18-11-6-14-4-2-3-5-15(14)12-18/h2-12H,13H2,1H3. The molecule has 3 heteroatoms. The van der Waals surface area contributed by atoms with E-state index in [0.29, 0.717) is 15.0 Å². The molecule has 0 bridgehead atoms. The van der Waals surface area contributed by atoms with Crippen LogP contribution in [0.3, 0.4) is 0 Å². The molecule has 106 valence electrons. The van der Waals surface area contributed by atoms with Crippen LogP contribution in [-0.2, 0) is 0 Å². The molecule has 3 rings (SSSR count). The Bertz CT molecular complexity index is 725. The predicted octanol–water partition coefficient (Wildman–Crippen LogP) is 2.58. The number of ether oxygens (including phenoxy) is 1. The Hall–Kier alpha value is -0.971. The van der Waals surface area contributed by atoms with Gasteiger partial charge in [-0.1, -0.05) is 0 Å². The summed E-state index contributed by atoms with van der Waals surface area (Å²) in [6, 6.07) is 24.1. The first kappa shape index (κ1) is 14.9. The van der Waals surface area contributed by atoms with E-state index >= 15 is 0 Å². The van der Waals surface area contributed by atoms with Crippen LogP contribution in [0.1, 0.15) is 0 Å². The molecule has 0 aromatic heterocycles. The van der Waals surface area contributed by atoms with Crippen LogP contribution in [0.5, 0.6) is 5.75 Å². The summed E-state index contributed by atoms with van der Waals surface area (Å²) >= 11 is 0.506. The number of rotatable bonds is 5. The maximum atomic E-state index is 5.20. The molecule has 0 aliphatic heterocycles. The molecule has 0 unspecified atom stereocenters. The third-order valence-corrected chi connectivity index (χ3v) is 10.2. The van der Waals surface area contributed by atoms with Crippen molar-refractivity contribution in [3.63, 3.8) is 0 Å². The molecule has 21 heavy (non-hydrogen) atoms. The fourth-order valence-corrected chi connectivity index (χ4v) is 9.46. The van der Waals surface area contributed by atoms with Gasteiger partial charge in [0, 0.05) is 0 Å². The molecule has 0 heterocycles. The number of hydrogen-bond donors (Lipinski definition) is 0. The number of hydrogen-bond acceptors (Lipinski definition) is 1. The first-order valence-electron chi connectivity index (χ1n) is 6.73. The van der Waals surface area contributed by atoms with Crippen molar-refractivity contribution < 1.29 is 4.74 Å². The molecule has 3 aromatic rings. The van der Waals surface area contributed by atoms with E-state index in [4.69, 9.17) is 4.74 Å². The summed E-state index contributed by atoms with van der Waals surface area (Å²) in [4.78, 5) is 0. The summed E-state index contributed by atoms with van der Waals surface area (Å²) in [7, 11) is 1.71. The molecule has 0 N–H and O–H groups in total. The Labute approximate surface area is 141 Å². The summed E-state index contributed by atoms with van der Waals surface area (Å²) in [5.74, 6) is 0.945. The Morgan fingerprint density at radius 3 is 2.43 bits per heavy atom. The van der Waals surface area contributed by atoms with Crippen molar-refractivity contribution in [2.24, 2.45) is 0 Å². The zero-order valence-corrected chi connectivity index (χ0v) is 15.8. The van der Waals surface area contributed by atoms with E-state index in [0.717, 1.165) is 5.75 Å². The fourth-order valence-electron chi connectivity index (χ4n) is 2.09. The molecule has 0 saturated heterocycles. The monoisotopic (exact) mass is 458 g/mol. The average molecular weight is 455 g/mol. The Kier molecular flexibility index (Phi) is 5.22. The topological polar surface area (TPSA) is 9.23 Å². The quantitative estimate of drug-likeness (QED) is 0.539. The molecule has 1 nitrogen and oxygen atoms in total. The number of methoxy groups -OCH3 is 1. The first-order chi connectivity index (χ1) is 10.3. The summed E-state index contributed by atoms with van der Waals surface area (Å²) in [5, 5.41) is 2.71. The molecule has 0 aliphatic carbocycles. The third kappa shape index (κ3) is 4.02. The number of fused-ring (bicyclic) bond motifs is 1. The van der Waals surface area contributed by atoms with Gasteiger partial charge in [0.15, 0.2) is 0 Å². The van der Waals surface area contributed by atoms with Crippen molar-refractivity contribution in [1.82, 2.24) is 0 Å². The van der Waals surface area contributed by atoms with Crippen LogP contribution in [-0.4, -0.2) is 43.0 Å². The first-order valence-corrected chi connectivity index (χ1v) is 11.6. The Morgan fingerprint density at radius 1 is 0.905 bits per heavy atom. The minimum atomic E-state index is -0.0779. The van der Waals surface area contributed by atoms with Crippen LogP contribution < -0.4 is 12.8 Å². The maximum absolute atomic E-state index is 5.20. The van der Waals surface area contributed by atoms with Crippen molar-refractivity contribution >= 4 is 54.7 Å². The second-order valence-electron chi connectivity index (χ2n) is 4.59. The van der Waals surface area contributed by atoms with Crippen molar-refractivity contribution in [2.75, 3.05) is 7.11 Å². The van der Waals surface area contributed by atoms with E-state index < -0.39 is 0 Å². The van der Waals surface area contributed by atoms with Gasteiger partial charge in [-0.25, -0.2) is 0 Å². The van der Waals surface area contributed by atoms with E-state index in [1.165, 1.54) is 18.6 Å². The molecular formula is C18H16OSeTe. The van der Waals surface area contributed by atoms with Gasteiger partial charge in [0.1, 0.15) is 0 Å². The van der Waals surface area contributed by atoms with Crippen molar-refractivity contribution in [1.29, 1.82) is 0 Å². The molecule has 0 fully saturated rings. The van der Waals surface area contributed by atoms with Crippen LogP contribution in [0.15, 0.2) is 66.7 Å². The SMILES string of the molecule is COc1ccc([Se]C[Te]c2ccc3ccccc3c2)cc1. The van der Waals surface area contributed by atoms with Gasteiger partial charge in [-0.2, -0.15) is 0 Å². The summed E-state index contributed by atoms with van der Waals surface area (Å²) in [5.41, 5.74) is 0. The molecule has 0 amide bonds. The van der Waals surface area contributed by atoms with Gasteiger partial charge < -0.3 is 0 Å². The van der Waals surface area contributed by atoms with E-state index in [9.17, 15) is 0 Å². The molecule has 0 spiro atoms. The van der Waals surface area contributed by atoms with Crippen LogP contribution in [0.2, 0.25) is 3.37 Å². The van der Waals surface area contributed by atoms with Crippen LogP contribution in [0.25, 0.3) is 10.8 Å². The zero-order chi connectivity index (χ0) is 14.5. The second-order valence-corrected chi connectivity index (χ2v) is 12.3. The van der Waals surface area contributed by atoms with Gasteiger partial charge in [-0.3, -0.25) is 0 Å². The molecule has 3 aromatic carbocycles. The van der Waals surface area contributed by atoms with Crippen LogP contribution in [0.4, 0.5) is 0 Å². The number of benzene rings is 3. The van der Waals surface area contributed by atoms with Gasteiger partial charge in [-0.05, 0) is 0 Å². The molecule has 0 atom stereocenters. The summed E-state index contributed by atoms with van der Waals surface area (Å²) < 4.78 is 9.59. The Balaban J connectivity index is 1.60. The third-order valence-electron chi connectivity index (χ3n) is 3.23. The van der Waals surface area contributed by atoms with Crippen molar-refractivity contribution in [3.8, 4) is 5.75 Å². The van der Waals surface area contributed by atoms with Crippen molar-refractivity contribution in [3.05, 3.63) is 66.7 Å². The van der Waals surface area contributed by atoms with Gasteiger partial charge >= 0.3 is 142 Å². The molecular weight excluding hydrogens is 439 g/mol. The minimum absolute atomic E-state index is 0.0779. The van der Waals surface area contributed by atoms with E-state index in [1.54, 1.807) is 10.7 Å². The molecule has 0 saturated carbocycles. The van der Waals surface area contributed by atoms with Gasteiger partial charge in [0.25, 0.3) is 0 Å². The van der Waals surface area contributed by atoms with E-state index in [1.807, 2.05) is 0 Å². The summed E-state index contributed by atoms with van der Waals surface area (Å²) in [6.07, 6.45) is 0. The van der Waals surface area contributed by atoms with E-state index in [-0.39, 0.29) is 20.9 Å². The van der Waals surface area contributed by atoms with E-state index in [2.05, 4.69) is 66.7 Å². The second kappa shape index (κ2) is 7.34. The van der Waals surface area contributed by atoms with Crippen molar-refractivity contribution in [2.45, 2.75) is 3.37 Å². The Morgan fingerprint density at radius 2 is 1.67 bits per heavy atom. The van der Waals surface area contributed by atoms with Gasteiger partial charge in [0.2, 0.25) is 0 Å². The van der Waals surface area contributed by atoms with Gasteiger partial charge in [0.05, 0.1) is 0 Å². The fraction of sp³-hybridized carbons (Fsp3) is 0.111. The zero-order valence-electron chi connectivity index (χ0n) is 11.8. The molecule has 0 radical (unpaired) electrons. The normalized spacial score (nSPS) is 10.7. The summed E-state index contributed by atoms with van der Waals surface area (Å²) in [6.45, 7) is 0. The predicted molar refractivity (Wildman–Crippen MR) is 92.5 cm³/mol. The molecule has 0 aliphatic rings. The van der Waals surface area contributed by atoms with Crippen LogP contribution >= 0.6 is 0 Å². The van der Waals surface area contributed by atoms with Gasteiger partial charge in [-0.15, -0.1) is 0 Å².